The number of carbonyl (C=O) groups is 1. The maximum atomic E-state index is 12.6. The second-order valence-electron chi connectivity index (χ2n) is 5.36. The molecule has 0 spiro atoms. The van der Waals surface area contributed by atoms with Gasteiger partial charge in [-0.1, -0.05) is 17.7 Å². The van der Waals surface area contributed by atoms with Gasteiger partial charge in [-0.05, 0) is 48.6 Å². The summed E-state index contributed by atoms with van der Waals surface area (Å²) in [5.41, 5.74) is 0.471. The van der Waals surface area contributed by atoms with Gasteiger partial charge in [0.05, 0.1) is 16.7 Å². The van der Waals surface area contributed by atoms with Crippen LogP contribution in [-0.4, -0.2) is 60.1 Å². The van der Waals surface area contributed by atoms with Gasteiger partial charge in [0.15, 0.2) is 0 Å². The molecule has 1 amide bonds. The highest BCUT2D eigenvalue weighted by atomic mass is 79.9. The van der Waals surface area contributed by atoms with Gasteiger partial charge >= 0.3 is 0 Å². The van der Waals surface area contributed by atoms with Crippen LogP contribution >= 0.6 is 27.5 Å². The van der Waals surface area contributed by atoms with Crippen LogP contribution < -0.4 is 0 Å². The third kappa shape index (κ3) is 3.34. The minimum atomic E-state index is -0.463. The second kappa shape index (κ2) is 6.43. The zero-order valence-corrected chi connectivity index (χ0v) is 13.9. The summed E-state index contributed by atoms with van der Waals surface area (Å²) >= 11 is 9.52. The molecule has 2 atom stereocenters. The van der Waals surface area contributed by atoms with E-state index in [0.717, 1.165) is 6.54 Å². The Balaban J connectivity index is 2.24. The molecule has 1 aliphatic heterocycles. The molecule has 0 saturated carbocycles. The van der Waals surface area contributed by atoms with Crippen molar-refractivity contribution >= 4 is 33.4 Å². The molecule has 0 aliphatic carbocycles. The molecule has 1 aromatic rings. The van der Waals surface area contributed by atoms with Crippen LogP contribution in [0.1, 0.15) is 16.8 Å². The number of carbonyl (C=O) groups excluding carboxylic acids is 1. The fourth-order valence-corrected chi connectivity index (χ4v) is 3.13. The zero-order chi connectivity index (χ0) is 14.9. The maximum absolute atomic E-state index is 12.6. The highest BCUT2D eigenvalue weighted by Gasteiger charge is 2.35. The Morgan fingerprint density at radius 2 is 2.25 bits per heavy atom. The number of likely N-dealkylation sites (tertiary alicyclic amines) is 1. The third-order valence-corrected chi connectivity index (χ3v) is 4.71. The van der Waals surface area contributed by atoms with E-state index in [1.807, 2.05) is 19.0 Å². The van der Waals surface area contributed by atoms with E-state index in [-0.39, 0.29) is 11.9 Å². The van der Waals surface area contributed by atoms with Gasteiger partial charge in [-0.25, -0.2) is 0 Å². The van der Waals surface area contributed by atoms with Crippen molar-refractivity contribution in [2.75, 3.05) is 27.2 Å². The molecule has 0 aromatic heterocycles. The van der Waals surface area contributed by atoms with Gasteiger partial charge in [-0.15, -0.1) is 0 Å². The fraction of sp³-hybridized carbons (Fsp3) is 0.500. The number of hydrogen-bond acceptors (Lipinski definition) is 3. The van der Waals surface area contributed by atoms with E-state index in [4.69, 9.17) is 11.6 Å². The van der Waals surface area contributed by atoms with Gasteiger partial charge in [0.25, 0.3) is 5.91 Å². The Kier molecular flexibility index (Phi) is 5.07. The van der Waals surface area contributed by atoms with Gasteiger partial charge in [-0.3, -0.25) is 4.79 Å². The predicted molar refractivity (Wildman–Crippen MR) is 83.2 cm³/mol. The number of hydrogen-bond donors (Lipinski definition) is 1. The van der Waals surface area contributed by atoms with Crippen LogP contribution in [0.2, 0.25) is 5.02 Å². The number of likely N-dealkylation sites (N-methyl/N-ethyl adjacent to an activating group) is 1. The summed E-state index contributed by atoms with van der Waals surface area (Å²) in [6.07, 6.45) is 0.144. The molecular formula is C14H18BrClN2O2. The van der Waals surface area contributed by atoms with Gasteiger partial charge in [0, 0.05) is 23.6 Å². The lowest BCUT2D eigenvalue weighted by atomic mass is 10.1. The number of rotatable bonds is 3. The van der Waals surface area contributed by atoms with Crippen molar-refractivity contribution < 1.29 is 9.90 Å². The molecule has 0 bridgehead atoms. The lowest BCUT2D eigenvalue weighted by Gasteiger charge is -2.27. The minimum absolute atomic E-state index is 0.0162. The summed E-state index contributed by atoms with van der Waals surface area (Å²) in [4.78, 5) is 16.4. The summed E-state index contributed by atoms with van der Waals surface area (Å²) in [7, 11) is 3.92. The second-order valence-corrected chi connectivity index (χ2v) is 6.60. The molecule has 1 aromatic carbocycles. The number of amides is 1. The van der Waals surface area contributed by atoms with Crippen LogP contribution in [-0.2, 0) is 0 Å². The van der Waals surface area contributed by atoms with E-state index >= 15 is 0 Å². The predicted octanol–water partition coefficient (Wildman–Crippen LogP) is 2.24. The maximum Gasteiger partial charge on any atom is 0.255 e. The quantitative estimate of drug-likeness (QED) is 0.898. The van der Waals surface area contributed by atoms with Crippen LogP contribution in [0, 0.1) is 0 Å². The molecule has 2 rings (SSSR count). The normalized spacial score (nSPS) is 22.6. The number of aliphatic hydroxyl groups is 1. The molecule has 1 heterocycles. The number of aliphatic hydroxyl groups excluding tert-OH is 1. The molecule has 1 aliphatic rings. The number of benzene rings is 1. The van der Waals surface area contributed by atoms with Crippen LogP contribution in [0.25, 0.3) is 0 Å². The lowest BCUT2D eigenvalue weighted by Crippen LogP contribution is -2.41. The van der Waals surface area contributed by atoms with Crippen LogP contribution in [0.5, 0.6) is 0 Å². The Hall–Kier alpha value is -0.620. The minimum Gasteiger partial charge on any atom is -0.391 e. The third-order valence-electron chi connectivity index (χ3n) is 3.41. The van der Waals surface area contributed by atoms with Gasteiger partial charge < -0.3 is 14.9 Å². The van der Waals surface area contributed by atoms with E-state index in [2.05, 4.69) is 15.9 Å². The molecule has 1 saturated heterocycles. The van der Waals surface area contributed by atoms with Crippen molar-refractivity contribution in [3.05, 3.63) is 33.3 Å². The van der Waals surface area contributed by atoms with Crippen molar-refractivity contribution in [3.8, 4) is 0 Å². The Morgan fingerprint density at radius 3 is 2.90 bits per heavy atom. The number of nitrogens with zero attached hydrogens (tertiary/aromatic N) is 2. The highest BCUT2D eigenvalue weighted by Crippen LogP contribution is 2.29. The van der Waals surface area contributed by atoms with Crippen molar-refractivity contribution in [1.29, 1.82) is 0 Å². The summed E-state index contributed by atoms with van der Waals surface area (Å²) in [6.45, 7) is 1.09. The van der Waals surface area contributed by atoms with Crippen molar-refractivity contribution in [3.63, 3.8) is 0 Å². The molecule has 6 heteroatoms. The van der Waals surface area contributed by atoms with E-state index in [9.17, 15) is 9.90 Å². The topological polar surface area (TPSA) is 43.8 Å². The van der Waals surface area contributed by atoms with E-state index < -0.39 is 6.10 Å². The Labute approximate surface area is 132 Å². The summed E-state index contributed by atoms with van der Waals surface area (Å²) in [5.74, 6) is -0.125. The first-order valence-electron chi connectivity index (χ1n) is 6.48. The number of β-amino-alcohol motifs (C(OH)–C–C–N with tert-alkyl or cyclic N) is 1. The summed E-state index contributed by atoms with van der Waals surface area (Å²) in [6, 6.07) is 5.32. The van der Waals surface area contributed by atoms with Crippen LogP contribution in [0.4, 0.5) is 0 Å². The molecule has 1 N–H and O–H groups in total. The number of halogens is 2. The molecule has 0 radical (unpaired) electrons. The van der Waals surface area contributed by atoms with E-state index in [1.165, 1.54) is 0 Å². The van der Waals surface area contributed by atoms with Crippen molar-refractivity contribution in [1.82, 2.24) is 9.80 Å². The fourth-order valence-electron chi connectivity index (χ4n) is 2.56. The Bertz CT molecular complexity index is 510. The first-order chi connectivity index (χ1) is 9.40. The van der Waals surface area contributed by atoms with Crippen molar-refractivity contribution in [2.24, 2.45) is 0 Å². The van der Waals surface area contributed by atoms with Crippen molar-refractivity contribution in [2.45, 2.75) is 18.6 Å². The lowest BCUT2D eigenvalue weighted by molar-refractivity contribution is 0.0699. The van der Waals surface area contributed by atoms with E-state index in [1.54, 1.807) is 23.1 Å². The van der Waals surface area contributed by atoms with Crippen LogP contribution in [0.3, 0.4) is 0 Å². The van der Waals surface area contributed by atoms with Gasteiger partial charge in [0.2, 0.25) is 0 Å². The summed E-state index contributed by atoms with van der Waals surface area (Å²) in [5, 5.41) is 10.3. The molecule has 110 valence electrons. The van der Waals surface area contributed by atoms with Crippen LogP contribution in [0.15, 0.2) is 22.7 Å². The molecule has 20 heavy (non-hydrogen) atoms. The first kappa shape index (κ1) is 15.8. The molecule has 1 fully saturated rings. The highest BCUT2D eigenvalue weighted by molar-refractivity contribution is 9.10. The smallest absolute Gasteiger partial charge is 0.255 e. The standard InChI is InChI=1S/C14H18BrClN2O2/c1-17(2)7-9-6-10(19)8-18(9)14(20)11-4-3-5-12(15)13(11)16/h3-5,9-10,19H,6-8H2,1-2H3. The largest absolute Gasteiger partial charge is 0.391 e. The monoisotopic (exact) mass is 360 g/mol. The molecule has 4 nitrogen and oxygen atoms in total. The van der Waals surface area contributed by atoms with Gasteiger partial charge in [-0.2, -0.15) is 0 Å². The Morgan fingerprint density at radius 1 is 1.55 bits per heavy atom. The SMILES string of the molecule is CN(C)CC1CC(O)CN1C(=O)c1cccc(Br)c1Cl. The molecule has 2 unspecified atom stereocenters. The average molecular weight is 362 g/mol. The van der Waals surface area contributed by atoms with E-state index in [0.29, 0.717) is 28.0 Å². The first-order valence-corrected chi connectivity index (χ1v) is 7.65. The summed E-state index contributed by atoms with van der Waals surface area (Å²) < 4.78 is 0.703. The zero-order valence-electron chi connectivity index (χ0n) is 11.5. The molecular weight excluding hydrogens is 344 g/mol. The van der Waals surface area contributed by atoms with Gasteiger partial charge in [0.1, 0.15) is 0 Å². The average Bonchev–Trinajstić information content (AvgIpc) is 2.72.